The van der Waals surface area contributed by atoms with Crippen LogP contribution in [-0.4, -0.2) is 67.7 Å². The number of piperidine rings is 1. The number of halogens is 1. The average molecular weight is 548 g/mol. The van der Waals surface area contributed by atoms with Gasteiger partial charge in [-0.1, -0.05) is 30.8 Å². The number of amides is 1. The fourth-order valence-electron chi connectivity index (χ4n) is 3.89. The number of aryl methyl sites for hydroxylation is 1. The van der Waals surface area contributed by atoms with Gasteiger partial charge < -0.3 is 19.7 Å². The monoisotopic (exact) mass is 546 g/mol. The van der Waals surface area contributed by atoms with Crippen molar-refractivity contribution < 1.29 is 14.3 Å². The van der Waals surface area contributed by atoms with E-state index in [9.17, 15) is 4.79 Å². The van der Waals surface area contributed by atoms with Crippen LogP contribution in [0.4, 0.5) is 0 Å². The van der Waals surface area contributed by atoms with Gasteiger partial charge in [-0.15, -0.1) is 0 Å². The molecule has 0 saturated carbocycles. The lowest BCUT2D eigenvalue weighted by Gasteiger charge is -2.30. The number of nitrogens with one attached hydrogen (secondary N) is 1. The first-order valence-electron chi connectivity index (χ1n) is 12.1. The lowest BCUT2D eigenvalue weighted by molar-refractivity contribution is -0.119. The number of allylic oxidation sites excluding steroid dienone is 2. The Morgan fingerprint density at radius 2 is 2.09 bits per heavy atom. The molecule has 1 aliphatic heterocycles. The summed E-state index contributed by atoms with van der Waals surface area (Å²) in [5, 5.41) is 8.07. The van der Waals surface area contributed by atoms with E-state index in [1.165, 1.54) is 5.56 Å². The molecular weight excluding hydrogens is 508 g/mol. The maximum atomic E-state index is 11.1. The second kappa shape index (κ2) is 15.5. The number of likely N-dealkylation sites (tertiary alicyclic amines) is 1. The number of carbonyl (C=O) groups is 1. The predicted molar refractivity (Wildman–Crippen MR) is 146 cm³/mol. The summed E-state index contributed by atoms with van der Waals surface area (Å²) in [6, 6.07) is 8.24. The number of ether oxygens (including phenoxy) is 2. The molecule has 1 saturated heterocycles. The van der Waals surface area contributed by atoms with Crippen molar-refractivity contribution in [2.24, 2.45) is 5.92 Å². The summed E-state index contributed by atoms with van der Waals surface area (Å²) < 4.78 is 12.5. The van der Waals surface area contributed by atoms with E-state index in [2.05, 4.69) is 58.1 Å². The van der Waals surface area contributed by atoms with E-state index < -0.39 is 0 Å². The molecule has 8 heteroatoms. The van der Waals surface area contributed by atoms with Crippen LogP contribution in [0.15, 0.2) is 47.6 Å². The Morgan fingerprint density at radius 1 is 1.31 bits per heavy atom. The summed E-state index contributed by atoms with van der Waals surface area (Å²) in [5.74, 6) is 1.31. The number of aromatic nitrogens is 2. The predicted octanol–water partition coefficient (Wildman–Crippen LogP) is 4.90. The third-order valence-corrected chi connectivity index (χ3v) is 6.67. The lowest BCUT2D eigenvalue weighted by atomic mass is 9.98. The van der Waals surface area contributed by atoms with Gasteiger partial charge in [-0.25, -0.2) is 4.68 Å². The number of nitrogens with zero attached hydrogens (tertiary/aromatic N) is 3. The molecule has 1 N–H and O–H groups in total. The highest BCUT2D eigenvalue weighted by Crippen LogP contribution is 2.23. The maximum Gasteiger partial charge on any atom is 0.209 e. The zero-order valence-electron chi connectivity index (χ0n) is 21.4. The van der Waals surface area contributed by atoms with E-state index >= 15 is 0 Å². The Hall–Kier alpha value is -2.42. The van der Waals surface area contributed by atoms with Crippen molar-refractivity contribution in [2.75, 3.05) is 46.6 Å². The summed E-state index contributed by atoms with van der Waals surface area (Å²) in [4.78, 5) is 13.0. The van der Waals surface area contributed by atoms with Gasteiger partial charge in [0, 0.05) is 33.4 Å². The molecule has 1 aliphatic rings. The minimum absolute atomic E-state index is 0.424. The molecule has 35 heavy (non-hydrogen) atoms. The highest BCUT2D eigenvalue weighted by atomic mass is 79.9. The third-order valence-electron chi connectivity index (χ3n) is 5.89. The Balaban J connectivity index is 0.000000540. The topological polar surface area (TPSA) is 68.6 Å². The molecule has 1 unspecified atom stereocenters. The molecule has 1 aromatic heterocycles. The van der Waals surface area contributed by atoms with Crippen molar-refractivity contribution >= 4 is 33.7 Å². The molecule has 0 aliphatic carbocycles. The number of rotatable bonds is 11. The number of benzene rings is 1. The standard InChI is InChI=1S/C22H27BrN4O.C5H12O2/c1-16-7-4-5-9-20(16)17(2)11-22(27-18(3)21(23)13-25-27)24-12-19-8-6-10-26(14-19)15-28;1-3-7-5-4-6-2/h4-5,7,9,11,13,15,19,24H,2,6,8,10,12,14H2,1,3H3;3-5H2,1-2H3/b22-11-;. The van der Waals surface area contributed by atoms with Crippen molar-refractivity contribution in [2.45, 2.75) is 33.6 Å². The average Bonchev–Trinajstić information content (AvgIpc) is 3.20. The minimum atomic E-state index is 0.424. The van der Waals surface area contributed by atoms with Crippen LogP contribution in [0, 0.1) is 19.8 Å². The summed E-state index contributed by atoms with van der Waals surface area (Å²) in [6.45, 7) is 15.0. The van der Waals surface area contributed by atoms with Crippen LogP contribution in [0.5, 0.6) is 0 Å². The quantitative estimate of drug-likeness (QED) is 0.246. The molecule has 1 amide bonds. The molecule has 0 spiro atoms. The van der Waals surface area contributed by atoms with Gasteiger partial charge in [0.2, 0.25) is 6.41 Å². The SMILES string of the molecule is C=C(/C=C(/NCC1CCCN(C=O)C1)n1ncc(Br)c1C)c1ccccc1C.CCOCCOC. The molecule has 3 rings (SSSR count). The number of hydrogen-bond donors (Lipinski definition) is 1. The van der Waals surface area contributed by atoms with Crippen LogP contribution >= 0.6 is 15.9 Å². The lowest BCUT2D eigenvalue weighted by Crippen LogP contribution is -2.39. The van der Waals surface area contributed by atoms with E-state index in [0.717, 1.165) is 72.6 Å². The van der Waals surface area contributed by atoms with Crippen LogP contribution in [0.1, 0.15) is 36.6 Å². The van der Waals surface area contributed by atoms with E-state index in [4.69, 9.17) is 9.47 Å². The fraction of sp³-hybridized carbons (Fsp3) is 0.481. The minimum Gasteiger partial charge on any atom is -0.382 e. The van der Waals surface area contributed by atoms with Crippen LogP contribution in [0.25, 0.3) is 11.4 Å². The van der Waals surface area contributed by atoms with Gasteiger partial charge >= 0.3 is 0 Å². The van der Waals surface area contributed by atoms with Crippen molar-refractivity contribution in [1.29, 1.82) is 0 Å². The number of hydrogen-bond acceptors (Lipinski definition) is 5. The Labute approximate surface area is 218 Å². The molecular formula is C27H39BrN4O3. The van der Waals surface area contributed by atoms with Gasteiger partial charge in [0.05, 0.1) is 29.6 Å². The zero-order chi connectivity index (χ0) is 25.6. The van der Waals surface area contributed by atoms with Gasteiger partial charge in [-0.05, 0) is 78.2 Å². The first-order valence-corrected chi connectivity index (χ1v) is 12.9. The normalized spacial score (nSPS) is 15.9. The largest absolute Gasteiger partial charge is 0.382 e. The highest BCUT2D eigenvalue weighted by Gasteiger charge is 2.19. The molecule has 1 atom stereocenters. The molecule has 2 aromatic rings. The highest BCUT2D eigenvalue weighted by molar-refractivity contribution is 9.10. The fourth-order valence-corrected chi connectivity index (χ4v) is 4.15. The van der Waals surface area contributed by atoms with Gasteiger partial charge in [0.25, 0.3) is 0 Å². The van der Waals surface area contributed by atoms with Gasteiger partial charge in [0.15, 0.2) is 0 Å². The van der Waals surface area contributed by atoms with Crippen molar-refractivity contribution in [3.05, 3.63) is 64.4 Å². The molecule has 2 heterocycles. The first kappa shape index (κ1) is 28.8. The summed E-state index contributed by atoms with van der Waals surface area (Å²) in [6.07, 6.45) is 6.97. The molecule has 0 bridgehead atoms. The molecule has 7 nitrogen and oxygen atoms in total. The molecule has 0 radical (unpaired) electrons. The van der Waals surface area contributed by atoms with Gasteiger partial charge in [-0.2, -0.15) is 5.10 Å². The first-order chi connectivity index (χ1) is 16.9. The Morgan fingerprint density at radius 3 is 2.71 bits per heavy atom. The van der Waals surface area contributed by atoms with Crippen molar-refractivity contribution in [3.8, 4) is 0 Å². The second-order valence-electron chi connectivity index (χ2n) is 8.54. The zero-order valence-corrected chi connectivity index (χ0v) is 23.0. The Bertz CT molecular complexity index is 969. The van der Waals surface area contributed by atoms with Gasteiger partial charge in [0.1, 0.15) is 5.82 Å². The summed E-state index contributed by atoms with van der Waals surface area (Å²) in [7, 11) is 1.67. The van der Waals surface area contributed by atoms with Crippen LogP contribution in [0.2, 0.25) is 0 Å². The molecule has 192 valence electrons. The number of carbonyl (C=O) groups excluding carboxylic acids is 1. The smallest absolute Gasteiger partial charge is 0.209 e. The molecule has 1 aromatic carbocycles. The van der Waals surface area contributed by atoms with Crippen molar-refractivity contribution in [1.82, 2.24) is 20.0 Å². The van der Waals surface area contributed by atoms with Crippen LogP contribution < -0.4 is 5.32 Å². The third kappa shape index (κ3) is 9.28. The van der Waals surface area contributed by atoms with E-state index in [0.29, 0.717) is 19.1 Å². The van der Waals surface area contributed by atoms with Crippen LogP contribution in [-0.2, 0) is 14.3 Å². The number of methoxy groups -OCH3 is 1. The Kier molecular flexibility index (Phi) is 12.8. The van der Waals surface area contributed by atoms with Crippen molar-refractivity contribution in [3.63, 3.8) is 0 Å². The van der Waals surface area contributed by atoms with E-state index in [-0.39, 0.29) is 0 Å². The van der Waals surface area contributed by atoms with Crippen LogP contribution in [0.3, 0.4) is 0 Å². The van der Waals surface area contributed by atoms with Gasteiger partial charge in [-0.3, -0.25) is 4.79 Å². The summed E-state index contributed by atoms with van der Waals surface area (Å²) in [5.41, 5.74) is 4.27. The summed E-state index contributed by atoms with van der Waals surface area (Å²) >= 11 is 3.55. The molecule has 1 fully saturated rings. The van der Waals surface area contributed by atoms with E-state index in [1.54, 1.807) is 13.3 Å². The second-order valence-corrected chi connectivity index (χ2v) is 9.39. The van der Waals surface area contributed by atoms with E-state index in [1.807, 2.05) is 35.6 Å². The maximum absolute atomic E-state index is 11.1.